The molecule has 0 saturated carbocycles. The van der Waals surface area contributed by atoms with Gasteiger partial charge in [-0.05, 0) is 6.42 Å². The number of alkyl halides is 2. The molecule has 1 unspecified atom stereocenters. The standard InChI is InChI=1S/C8H19Cl2N2O5PS/c1-19(14,15)17-8-2-7-16-18(11,13)12(5-3-9)6-4-10/h2-8H2,1H3,(H2,11,13). The van der Waals surface area contributed by atoms with Crippen molar-refractivity contribution in [3.63, 3.8) is 0 Å². The highest BCUT2D eigenvalue weighted by molar-refractivity contribution is 7.85. The lowest BCUT2D eigenvalue weighted by Crippen LogP contribution is -2.29. The first-order chi connectivity index (χ1) is 8.73. The molecule has 0 amide bonds. The van der Waals surface area contributed by atoms with Crippen molar-refractivity contribution < 1.29 is 21.7 Å². The van der Waals surface area contributed by atoms with Crippen LogP contribution in [0.3, 0.4) is 0 Å². The maximum absolute atomic E-state index is 12.1. The first kappa shape index (κ1) is 19.6. The van der Waals surface area contributed by atoms with Gasteiger partial charge < -0.3 is 4.52 Å². The molecule has 1 atom stereocenters. The van der Waals surface area contributed by atoms with Gasteiger partial charge in [0.15, 0.2) is 0 Å². The summed E-state index contributed by atoms with van der Waals surface area (Å²) in [6.45, 7) is 0.554. The Balaban J connectivity index is 4.10. The summed E-state index contributed by atoms with van der Waals surface area (Å²) in [5, 5.41) is 0. The second-order valence-corrected chi connectivity index (χ2v) is 7.96. The van der Waals surface area contributed by atoms with Gasteiger partial charge in [-0.3, -0.25) is 8.75 Å². The third kappa shape index (κ3) is 10.0. The van der Waals surface area contributed by atoms with Crippen molar-refractivity contribution in [2.45, 2.75) is 6.42 Å². The van der Waals surface area contributed by atoms with E-state index < -0.39 is 17.8 Å². The third-order valence-electron chi connectivity index (χ3n) is 1.94. The van der Waals surface area contributed by atoms with E-state index in [4.69, 9.17) is 33.2 Å². The summed E-state index contributed by atoms with van der Waals surface area (Å²) in [5.41, 5.74) is 5.58. The molecule has 7 nitrogen and oxygen atoms in total. The predicted octanol–water partition coefficient (Wildman–Crippen LogP) is 1.22. The van der Waals surface area contributed by atoms with Gasteiger partial charge in [0.05, 0.1) is 19.5 Å². The number of halogens is 2. The van der Waals surface area contributed by atoms with Crippen LogP contribution in [-0.2, 0) is 23.4 Å². The van der Waals surface area contributed by atoms with Crippen LogP contribution in [0.1, 0.15) is 6.42 Å². The summed E-state index contributed by atoms with van der Waals surface area (Å²) in [5.74, 6) is 0.497. The Hall–Kier alpha value is 0.600. The monoisotopic (exact) mass is 356 g/mol. The fourth-order valence-electron chi connectivity index (χ4n) is 1.13. The van der Waals surface area contributed by atoms with E-state index in [2.05, 4.69) is 4.18 Å². The maximum Gasteiger partial charge on any atom is 0.340 e. The molecule has 0 rings (SSSR count). The minimum atomic E-state index is -3.47. The Bertz CT molecular complexity index is 389. The number of rotatable bonds is 11. The topological polar surface area (TPSA) is 98.9 Å². The van der Waals surface area contributed by atoms with E-state index in [0.717, 1.165) is 6.26 Å². The minimum Gasteiger partial charge on any atom is -0.306 e. The third-order valence-corrected chi connectivity index (χ3v) is 4.62. The van der Waals surface area contributed by atoms with Crippen molar-refractivity contribution in [1.82, 2.24) is 4.67 Å². The molecular weight excluding hydrogens is 338 g/mol. The lowest BCUT2D eigenvalue weighted by Gasteiger charge is -2.26. The van der Waals surface area contributed by atoms with E-state index in [-0.39, 0.29) is 31.4 Å². The Morgan fingerprint density at radius 2 is 1.74 bits per heavy atom. The van der Waals surface area contributed by atoms with Gasteiger partial charge in [0.25, 0.3) is 10.1 Å². The highest BCUT2D eigenvalue weighted by atomic mass is 35.5. The van der Waals surface area contributed by atoms with Crippen LogP contribution >= 0.6 is 30.9 Å². The lowest BCUT2D eigenvalue weighted by atomic mass is 10.5. The molecule has 0 aromatic heterocycles. The Morgan fingerprint density at radius 1 is 1.21 bits per heavy atom. The molecule has 0 aromatic rings. The SMILES string of the molecule is CS(=O)(=O)OCCCOP(N)(=O)N(CCCl)CCCl. The van der Waals surface area contributed by atoms with Crippen LogP contribution < -0.4 is 5.50 Å². The van der Waals surface area contributed by atoms with Gasteiger partial charge in [-0.25, -0.2) is 10.2 Å². The molecule has 0 bridgehead atoms. The van der Waals surface area contributed by atoms with Gasteiger partial charge >= 0.3 is 7.67 Å². The van der Waals surface area contributed by atoms with E-state index in [1.54, 1.807) is 0 Å². The number of hydrogen-bond acceptors (Lipinski definition) is 5. The summed E-state index contributed by atoms with van der Waals surface area (Å²) in [4.78, 5) is 0. The molecular formula is C8H19Cl2N2O5PS. The van der Waals surface area contributed by atoms with Gasteiger partial charge in [0.2, 0.25) is 0 Å². The summed E-state index contributed by atoms with van der Waals surface area (Å²) in [6.07, 6.45) is 1.20. The van der Waals surface area contributed by atoms with Crippen LogP contribution in [0.4, 0.5) is 0 Å². The molecule has 0 aromatic carbocycles. The molecule has 0 aliphatic heterocycles. The second-order valence-electron chi connectivity index (χ2n) is 3.61. The second kappa shape index (κ2) is 9.52. The lowest BCUT2D eigenvalue weighted by molar-refractivity contribution is 0.231. The first-order valence-electron chi connectivity index (χ1n) is 5.48. The number of nitrogens with two attached hydrogens (primary N) is 1. The smallest absolute Gasteiger partial charge is 0.306 e. The van der Waals surface area contributed by atoms with Gasteiger partial charge in [-0.15, -0.1) is 23.2 Å². The highest BCUT2D eigenvalue weighted by Gasteiger charge is 2.26. The summed E-state index contributed by atoms with van der Waals surface area (Å²) in [7, 11) is -6.93. The van der Waals surface area contributed by atoms with Gasteiger partial charge in [-0.2, -0.15) is 8.42 Å². The first-order valence-corrected chi connectivity index (χ1v) is 10.0. The maximum atomic E-state index is 12.1. The average Bonchev–Trinajstić information content (AvgIpc) is 2.26. The molecule has 0 spiro atoms. The van der Waals surface area contributed by atoms with Crippen molar-refractivity contribution in [3.8, 4) is 0 Å². The largest absolute Gasteiger partial charge is 0.340 e. The van der Waals surface area contributed by atoms with E-state index in [1.165, 1.54) is 4.67 Å². The normalized spacial score (nSPS) is 15.6. The van der Waals surface area contributed by atoms with Crippen molar-refractivity contribution in [3.05, 3.63) is 0 Å². The van der Waals surface area contributed by atoms with Crippen molar-refractivity contribution in [1.29, 1.82) is 0 Å². The number of nitrogens with zero attached hydrogens (tertiary/aromatic N) is 1. The van der Waals surface area contributed by atoms with Gasteiger partial charge in [0.1, 0.15) is 0 Å². The molecule has 11 heteroatoms. The van der Waals surface area contributed by atoms with Crippen molar-refractivity contribution in [2.75, 3.05) is 44.3 Å². The molecule has 0 radical (unpaired) electrons. The summed E-state index contributed by atoms with van der Waals surface area (Å²) in [6, 6.07) is 0. The molecule has 0 saturated heterocycles. The molecule has 0 fully saturated rings. The Kier molecular flexibility index (Phi) is 9.82. The minimum absolute atomic E-state index is 0.0182. The van der Waals surface area contributed by atoms with E-state index >= 15 is 0 Å². The molecule has 116 valence electrons. The van der Waals surface area contributed by atoms with E-state index in [1.807, 2.05) is 0 Å². The molecule has 0 aliphatic rings. The predicted molar refractivity (Wildman–Crippen MR) is 76.2 cm³/mol. The van der Waals surface area contributed by atoms with Crippen LogP contribution in [0.25, 0.3) is 0 Å². The fourth-order valence-corrected chi connectivity index (χ4v) is 3.51. The molecule has 19 heavy (non-hydrogen) atoms. The van der Waals surface area contributed by atoms with Crippen molar-refractivity contribution >= 4 is 41.0 Å². The summed E-state index contributed by atoms with van der Waals surface area (Å²) >= 11 is 11.1. The van der Waals surface area contributed by atoms with Crippen LogP contribution in [0.5, 0.6) is 0 Å². The van der Waals surface area contributed by atoms with Gasteiger partial charge in [0, 0.05) is 24.8 Å². The Labute approximate surface area is 124 Å². The zero-order chi connectivity index (χ0) is 14.9. The molecule has 0 aliphatic carbocycles. The zero-order valence-electron chi connectivity index (χ0n) is 10.6. The van der Waals surface area contributed by atoms with E-state index in [9.17, 15) is 13.0 Å². The van der Waals surface area contributed by atoms with Crippen LogP contribution in [0.15, 0.2) is 0 Å². The molecule has 2 N–H and O–H groups in total. The number of hydrogen-bond donors (Lipinski definition) is 1. The molecule has 0 heterocycles. The fraction of sp³-hybridized carbons (Fsp3) is 1.00. The van der Waals surface area contributed by atoms with E-state index in [0.29, 0.717) is 13.1 Å². The van der Waals surface area contributed by atoms with Crippen LogP contribution in [0.2, 0.25) is 0 Å². The average molecular weight is 357 g/mol. The van der Waals surface area contributed by atoms with Crippen LogP contribution in [-0.4, -0.2) is 57.4 Å². The van der Waals surface area contributed by atoms with Gasteiger partial charge in [-0.1, -0.05) is 0 Å². The zero-order valence-corrected chi connectivity index (χ0v) is 13.8. The van der Waals surface area contributed by atoms with Crippen LogP contribution in [0, 0.1) is 0 Å². The Morgan fingerprint density at radius 3 is 2.16 bits per heavy atom. The van der Waals surface area contributed by atoms with Crippen molar-refractivity contribution in [2.24, 2.45) is 5.50 Å². The quantitative estimate of drug-likeness (QED) is 0.257. The summed E-state index contributed by atoms with van der Waals surface area (Å²) < 4.78 is 44.4. The highest BCUT2D eigenvalue weighted by Crippen LogP contribution is 2.42.